The third-order valence-corrected chi connectivity index (χ3v) is 5.25. The number of carboxylic acids is 1. The highest BCUT2D eigenvalue weighted by Crippen LogP contribution is 2.52. The molecule has 8 heteroatoms. The molecule has 5 nitrogen and oxygen atoms in total. The highest BCUT2D eigenvalue weighted by Gasteiger charge is 2.49. The number of ether oxygens (including phenoxy) is 1. The number of carbonyl (C=O) groups is 2. The Balaban J connectivity index is 1.75. The van der Waals surface area contributed by atoms with Gasteiger partial charge in [-0.2, -0.15) is 13.2 Å². The fourth-order valence-corrected chi connectivity index (χ4v) is 3.79. The molecule has 1 saturated carbocycles. The smallest absolute Gasteiger partial charge is 0.416 e. The first-order valence-electron chi connectivity index (χ1n) is 9.05. The molecule has 2 aliphatic rings. The molecule has 3 rings (SSSR count). The maximum Gasteiger partial charge on any atom is 0.416 e. The van der Waals surface area contributed by atoms with Crippen molar-refractivity contribution in [3.05, 3.63) is 35.4 Å². The highest BCUT2D eigenvalue weighted by atomic mass is 19.4. The van der Waals surface area contributed by atoms with Crippen molar-refractivity contribution in [2.75, 3.05) is 19.8 Å². The van der Waals surface area contributed by atoms with E-state index in [2.05, 4.69) is 0 Å². The van der Waals surface area contributed by atoms with Crippen molar-refractivity contribution in [2.45, 2.75) is 43.8 Å². The molecule has 1 N–H and O–H groups in total. The summed E-state index contributed by atoms with van der Waals surface area (Å²) in [6.07, 6.45) is -3.06. The van der Waals surface area contributed by atoms with Crippen LogP contribution in [0.5, 0.6) is 0 Å². The van der Waals surface area contributed by atoms with Crippen molar-refractivity contribution in [3.8, 4) is 0 Å². The van der Waals surface area contributed by atoms with E-state index < -0.39 is 29.5 Å². The number of nitrogens with zero attached hydrogens (tertiary/aromatic N) is 1. The molecular weight excluding hydrogens is 363 g/mol. The van der Waals surface area contributed by atoms with Gasteiger partial charge in [0.15, 0.2) is 0 Å². The van der Waals surface area contributed by atoms with Crippen LogP contribution in [0.3, 0.4) is 0 Å². The van der Waals surface area contributed by atoms with E-state index in [1.54, 1.807) is 11.0 Å². The van der Waals surface area contributed by atoms with E-state index in [4.69, 9.17) is 9.84 Å². The number of hydrogen-bond acceptors (Lipinski definition) is 3. The zero-order valence-corrected chi connectivity index (χ0v) is 14.7. The zero-order valence-electron chi connectivity index (χ0n) is 14.7. The number of carbonyl (C=O) groups excluding carboxylic acids is 1. The van der Waals surface area contributed by atoms with Gasteiger partial charge in [0.1, 0.15) is 0 Å². The number of carboxylic acid groups (broad SMARTS) is 1. The lowest BCUT2D eigenvalue weighted by Crippen LogP contribution is -2.45. The molecule has 0 spiro atoms. The number of aliphatic carboxylic acids is 1. The van der Waals surface area contributed by atoms with Crippen LogP contribution in [0.2, 0.25) is 0 Å². The Kier molecular flexibility index (Phi) is 5.74. The van der Waals surface area contributed by atoms with E-state index in [9.17, 15) is 22.8 Å². The number of halogens is 3. The van der Waals surface area contributed by atoms with Gasteiger partial charge in [0, 0.05) is 31.7 Å². The molecule has 1 heterocycles. The van der Waals surface area contributed by atoms with Crippen molar-refractivity contribution >= 4 is 11.9 Å². The summed E-state index contributed by atoms with van der Waals surface area (Å²) in [5, 5.41) is 8.97. The lowest BCUT2D eigenvalue weighted by atomic mass is 10.0. The van der Waals surface area contributed by atoms with E-state index in [-0.39, 0.29) is 30.5 Å². The van der Waals surface area contributed by atoms with Crippen molar-refractivity contribution in [1.82, 2.24) is 4.90 Å². The predicted octanol–water partition coefficient (Wildman–Crippen LogP) is 3.29. The fraction of sp³-hybridized carbons (Fsp3) is 0.579. The Morgan fingerprint density at radius 2 is 1.85 bits per heavy atom. The maximum absolute atomic E-state index is 13.2. The first-order chi connectivity index (χ1) is 12.8. The second kappa shape index (κ2) is 7.88. The van der Waals surface area contributed by atoms with Crippen LogP contribution in [0.4, 0.5) is 13.2 Å². The number of amides is 1. The molecule has 1 aromatic rings. The van der Waals surface area contributed by atoms with Crippen LogP contribution in [-0.4, -0.2) is 47.7 Å². The minimum atomic E-state index is -4.46. The molecule has 1 amide bonds. The summed E-state index contributed by atoms with van der Waals surface area (Å²) < 4.78 is 45.0. The summed E-state index contributed by atoms with van der Waals surface area (Å²) in [6.45, 7) is 1.06. The second-order valence-corrected chi connectivity index (χ2v) is 7.05. The van der Waals surface area contributed by atoms with E-state index in [0.29, 0.717) is 32.5 Å². The number of hydrogen-bond donors (Lipinski definition) is 1. The lowest BCUT2D eigenvalue weighted by Gasteiger charge is -2.34. The van der Waals surface area contributed by atoms with Gasteiger partial charge in [-0.3, -0.25) is 9.59 Å². The normalized spacial score (nSPS) is 23.1. The molecule has 0 radical (unpaired) electrons. The van der Waals surface area contributed by atoms with Crippen LogP contribution in [0.15, 0.2) is 24.3 Å². The van der Waals surface area contributed by atoms with Gasteiger partial charge in [-0.25, -0.2) is 0 Å². The monoisotopic (exact) mass is 385 g/mol. The summed E-state index contributed by atoms with van der Waals surface area (Å²) in [5.41, 5.74) is -0.554. The summed E-state index contributed by atoms with van der Waals surface area (Å²) >= 11 is 0. The quantitative estimate of drug-likeness (QED) is 0.816. The van der Waals surface area contributed by atoms with Gasteiger partial charge in [0.2, 0.25) is 5.91 Å². The summed E-state index contributed by atoms with van der Waals surface area (Å²) in [4.78, 5) is 25.5. The number of benzene rings is 1. The molecule has 0 aromatic heterocycles. The summed E-state index contributed by atoms with van der Waals surface area (Å²) in [5.74, 6) is -2.24. The first kappa shape index (κ1) is 19.7. The molecule has 1 aliphatic heterocycles. The van der Waals surface area contributed by atoms with Crippen LogP contribution < -0.4 is 0 Å². The average Bonchev–Trinajstić information content (AvgIpc) is 3.42. The van der Waals surface area contributed by atoms with E-state index in [1.807, 2.05) is 0 Å². The summed E-state index contributed by atoms with van der Waals surface area (Å²) in [6, 6.07) is 5.23. The Morgan fingerprint density at radius 3 is 2.48 bits per heavy atom. The van der Waals surface area contributed by atoms with Crippen LogP contribution in [0.25, 0.3) is 0 Å². The minimum absolute atomic E-state index is 0.0724. The molecule has 2 fully saturated rings. The molecule has 1 saturated heterocycles. The van der Waals surface area contributed by atoms with Gasteiger partial charge in [0.25, 0.3) is 0 Å². The SMILES string of the molecule is O=C(O)CCN(C(=O)[C@H]1C[C@H]1c1ccccc1C(F)(F)F)C1CCOCC1. The third kappa shape index (κ3) is 4.61. The standard InChI is InChI=1S/C19H22F3NO4/c20-19(21,22)16-4-2-1-3-13(16)14-11-15(14)18(26)23(8-5-17(24)25)12-6-9-27-10-7-12/h1-4,12,14-15H,5-11H2,(H,24,25)/t14-,15-/m0/s1. The molecule has 148 valence electrons. The van der Waals surface area contributed by atoms with Gasteiger partial charge in [0.05, 0.1) is 12.0 Å². The Labute approximate surface area is 155 Å². The zero-order chi connectivity index (χ0) is 19.6. The second-order valence-electron chi connectivity index (χ2n) is 7.05. The minimum Gasteiger partial charge on any atom is -0.481 e. The molecule has 1 aromatic carbocycles. The fourth-order valence-electron chi connectivity index (χ4n) is 3.79. The Morgan fingerprint density at radius 1 is 1.19 bits per heavy atom. The first-order valence-corrected chi connectivity index (χ1v) is 9.05. The molecule has 0 bridgehead atoms. The van der Waals surface area contributed by atoms with Crippen molar-refractivity contribution < 1.29 is 32.6 Å². The van der Waals surface area contributed by atoms with Crippen LogP contribution in [-0.2, 0) is 20.5 Å². The van der Waals surface area contributed by atoms with E-state index >= 15 is 0 Å². The predicted molar refractivity (Wildman–Crippen MR) is 90.1 cm³/mol. The van der Waals surface area contributed by atoms with Crippen molar-refractivity contribution in [1.29, 1.82) is 0 Å². The lowest BCUT2D eigenvalue weighted by molar-refractivity contribution is -0.142. The van der Waals surface area contributed by atoms with Crippen LogP contribution in [0.1, 0.15) is 42.7 Å². The maximum atomic E-state index is 13.2. The molecule has 1 aliphatic carbocycles. The topological polar surface area (TPSA) is 66.8 Å². The molecular formula is C19H22F3NO4. The van der Waals surface area contributed by atoms with Gasteiger partial charge in [-0.05, 0) is 36.8 Å². The van der Waals surface area contributed by atoms with Crippen molar-refractivity contribution in [2.24, 2.45) is 5.92 Å². The Hall–Kier alpha value is -2.09. The highest BCUT2D eigenvalue weighted by molar-refractivity contribution is 5.84. The van der Waals surface area contributed by atoms with E-state index in [0.717, 1.165) is 6.07 Å². The van der Waals surface area contributed by atoms with Gasteiger partial charge >= 0.3 is 12.1 Å². The largest absolute Gasteiger partial charge is 0.481 e. The van der Waals surface area contributed by atoms with Gasteiger partial charge in [-0.15, -0.1) is 0 Å². The van der Waals surface area contributed by atoms with E-state index in [1.165, 1.54) is 12.1 Å². The number of alkyl halides is 3. The molecule has 0 unspecified atom stereocenters. The summed E-state index contributed by atoms with van der Waals surface area (Å²) in [7, 11) is 0. The Bertz CT molecular complexity index is 700. The average molecular weight is 385 g/mol. The van der Waals surface area contributed by atoms with Crippen LogP contribution >= 0.6 is 0 Å². The van der Waals surface area contributed by atoms with Crippen LogP contribution in [0, 0.1) is 5.92 Å². The molecule has 27 heavy (non-hydrogen) atoms. The number of rotatable bonds is 6. The third-order valence-electron chi connectivity index (χ3n) is 5.25. The van der Waals surface area contributed by atoms with Crippen molar-refractivity contribution in [3.63, 3.8) is 0 Å². The van der Waals surface area contributed by atoms with Gasteiger partial charge < -0.3 is 14.7 Å². The van der Waals surface area contributed by atoms with Gasteiger partial charge in [-0.1, -0.05) is 18.2 Å². The molecule has 2 atom stereocenters.